The second-order valence-electron chi connectivity index (χ2n) is 6.25. The van der Waals surface area contributed by atoms with Gasteiger partial charge in [-0.05, 0) is 48.5 Å². The first-order valence-electron chi connectivity index (χ1n) is 8.51. The lowest BCUT2D eigenvalue weighted by molar-refractivity contribution is 0.0696. The zero-order valence-corrected chi connectivity index (χ0v) is 16.3. The van der Waals surface area contributed by atoms with E-state index in [2.05, 4.69) is 15.3 Å². The summed E-state index contributed by atoms with van der Waals surface area (Å²) in [6.45, 7) is 0. The number of rotatable bonds is 4. The lowest BCUT2D eigenvalue weighted by Crippen LogP contribution is -2.12. The number of amides is 1. The Bertz CT molecular complexity index is 1250. The van der Waals surface area contributed by atoms with Gasteiger partial charge < -0.3 is 15.4 Å². The predicted molar refractivity (Wildman–Crippen MR) is 113 cm³/mol. The van der Waals surface area contributed by atoms with Gasteiger partial charge in [0.15, 0.2) is 0 Å². The maximum Gasteiger partial charge on any atom is 0.335 e. The third kappa shape index (κ3) is 3.81. The van der Waals surface area contributed by atoms with Crippen LogP contribution in [0.1, 0.15) is 20.7 Å². The van der Waals surface area contributed by atoms with Crippen LogP contribution in [-0.4, -0.2) is 27.0 Å². The number of H-pyrrole nitrogens is 1. The lowest BCUT2D eigenvalue weighted by atomic mass is 10.1. The van der Waals surface area contributed by atoms with E-state index in [0.717, 1.165) is 0 Å². The van der Waals surface area contributed by atoms with Crippen molar-refractivity contribution in [1.82, 2.24) is 9.97 Å². The number of anilines is 1. The van der Waals surface area contributed by atoms with Crippen molar-refractivity contribution in [3.05, 3.63) is 81.8 Å². The summed E-state index contributed by atoms with van der Waals surface area (Å²) in [6, 6.07) is 16.2. The molecule has 0 aliphatic rings. The van der Waals surface area contributed by atoms with Crippen molar-refractivity contribution in [2.45, 2.75) is 0 Å². The molecular weight excluding hydrogens is 413 g/mol. The fourth-order valence-corrected chi connectivity index (χ4v) is 3.50. The summed E-state index contributed by atoms with van der Waals surface area (Å²) in [6.07, 6.45) is 0. The molecule has 144 valence electrons. The number of carboxylic acid groups (broad SMARTS) is 1. The third-order valence-electron chi connectivity index (χ3n) is 4.31. The molecule has 0 fully saturated rings. The van der Waals surface area contributed by atoms with Crippen molar-refractivity contribution in [3.63, 3.8) is 0 Å². The Kier molecular flexibility index (Phi) is 4.96. The Hall–Kier alpha value is -3.35. The minimum absolute atomic E-state index is 0.0908. The molecule has 0 spiro atoms. The topological polar surface area (TPSA) is 95.1 Å². The molecule has 0 aliphatic carbocycles. The maximum absolute atomic E-state index is 12.6. The van der Waals surface area contributed by atoms with Crippen molar-refractivity contribution in [1.29, 1.82) is 0 Å². The first-order chi connectivity index (χ1) is 13.9. The van der Waals surface area contributed by atoms with Gasteiger partial charge in [-0.15, -0.1) is 0 Å². The van der Waals surface area contributed by atoms with Crippen molar-refractivity contribution in [3.8, 4) is 11.4 Å². The molecule has 4 aromatic rings. The molecule has 0 bridgehead atoms. The van der Waals surface area contributed by atoms with Gasteiger partial charge in [0.25, 0.3) is 5.91 Å². The second kappa shape index (κ2) is 7.58. The third-order valence-corrected chi connectivity index (χ3v) is 4.94. The zero-order valence-electron chi connectivity index (χ0n) is 14.7. The van der Waals surface area contributed by atoms with Crippen molar-refractivity contribution in [2.24, 2.45) is 0 Å². The van der Waals surface area contributed by atoms with Gasteiger partial charge in [0.05, 0.1) is 32.2 Å². The number of halogens is 2. The lowest BCUT2D eigenvalue weighted by Gasteiger charge is -2.06. The van der Waals surface area contributed by atoms with Gasteiger partial charge in [-0.2, -0.15) is 0 Å². The molecule has 8 heteroatoms. The number of carbonyl (C=O) groups is 2. The fourth-order valence-electron chi connectivity index (χ4n) is 2.93. The van der Waals surface area contributed by atoms with Gasteiger partial charge in [0.2, 0.25) is 0 Å². The summed E-state index contributed by atoms with van der Waals surface area (Å²) in [7, 11) is 0. The highest BCUT2D eigenvalue weighted by molar-refractivity contribution is 6.39. The van der Waals surface area contributed by atoms with Crippen molar-refractivity contribution in [2.75, 3.05) is 5.32 Å². The summed E-state index contributed by atoms with van der Waals surface area (Å²) in [5.74, 6) is -0.936. The minimum Gasteiger partial charge on any atom is -0.478 e. The summed E-state index contributed by atoms with van der Waals surface area (Å²) in [5, 5.41) is 12.7. The summed E-state index contributed by atoms with van der Waals surface area (Å²) >= 11 is 12.5. The minimum atomic E-state index is -1.06. The number of fused-ring (bicyclic) bond motifs is 1. The molecule has 0 aliphatic heterocycles. The standard InChI is InChI=1S/C21H13Cl2N3O3/c22-14-5-2-6-15(23)18(14)19-25-16-8-7-11(10-17(16)26-19)20(27)24-13-4-1-3-12(9-13)21(28)29/h1-10H,(H,24,27)(H,25,26)(H,28,29). The second-order valence-corrected chi connectivity index (χ2v) is 7.07. The van der Waals surface area contributed by atoms with Gasteiger partial charge >= 0.3 is 5.97 Å². The summed E-state index contributed by atoms with van der Waals surface area (Å²) < 4.78 is 0. The number of nitrogens with zero attached hydrogens (tertiary/aromatic N) is 1. The van der Waals surface area contributed by atoms with Crippen LogP contribution in [0.5, 0.6) is 0 Å². The molecule has 0 radical (unpaired) electrons. The molecule has 6 nitrogen and oxygen atoms in total. The van der Waals surface area contributed by atoms with E-state index >= 15 is 0 Å². The average Bonchev–Trinajstić information content (AvgIpc) is 3.10. The number of benzene rings is 3. The molecule has 1 heterocycles. The summed E-state index contributed by atoms with van der Waals surface area (Å²) in [4.78, 5) is 31.3. The number of nitrogens with one attached hydrogen (secondary N) is 2. The number of hydrogen-bond acceptors (Lipinski definition) is 3. The zero-order chi connectivity index (χ0) is 20.5. The van der Waals surface area contributed by atoms with Gasteiger partial charge in [-0.3, -0.25) is 4.79 Å². The van der Waals surface area contributed by atoms with Gasteiger partial charge in [-0.1, -0.05) is 35.3 Å². The van der Waals surface area contributed by atoms with E-state index in [1.165, 1.54) is 12.1 Å². The van der Waals surface area contributed by atoms with E-state index < -0.39 is 5.97 Å². The van der Waals surface area contributed by atoms with Crippen LogP contribution in [-0.2, 0) is 0 Å². The number of carboxylic acids is 1. The van der Waals surface area contributed by atoms with Crippen LogP contribution in [0.15, 0.2) is 60.7 Å². The van der Waals surface area contributed by atoms with Gasteiger partial charge in [0.1, 0.15) is 5.82 Å². The average molecular weight is 426 g/mol. The van der Waals surface area contributed by atoms with E-state index in [1.54, 1.807) is 48.5 Å². The number of aromatic carboxylic acids is 1. The van der Waals surface area contributed by atoms with E-state index in [0.29, 0.717) is 43.7 Å². The molecule has 0 atom stereocenters. The highest BCUT2D eigenvalue weighted by atomic mass is 35.5. The smallest absolute Gasteiger partial charge is 0.335 e. The van der Waals surface area contributed by atoms with E-state index in [1.807, 2.05) is 0 Å². The Balaban J connectivity index is 1.65. The SMILES string of the molecule is O=C(O)c1cccc(NC(=O)c2ccc3nc(-c4c(Cl)cccc4Cl)[nH]c3c2)c1. The van der Waals surface area contributed by atoms with Crippen LogP contribution in [0.25, 0.3) is 22.4 Å². The number of hydrogen-bond donors (Lipinski definition) is 3. The quantitative estimate of drug-likeness (QED) is 0.402. The molecule has 1 aromatic heterocycles. The Labute approximate surface area is 175 Å². The van der Waals surface area contributed by atoms with E-state index in [-0.39, 0.29) is 11.5 Å². The Morgan fingerprint density at radius 1 is 0.931 bits per heavy atom. The Morgan fingerprint density at radius 3 is 2.38 bits per heavy atom. The molecule has 3 aromatic carbocycles. The van der Waals surface area contributed by atoms with Crippen LogP contribution in [0, 0.1) is 0 Å². The summed E-state index contributed by atoms with van der Waals surface area (Å²) in [5.41, 5.74) is 2.75. The largest absolute Gasteiger partial charge is 0.478 e. The number of aromatic amines is 1. The van der Waals surface area contributed by atoms with Crippen LogP contribution < -0.4 is 5.32 Å². The number of aromatic nitrogens is 2. The number of imidazole rings is 1. The van der Waals surface area contributed by atoms with Crippen molar-refractivity contribution >= 4 is 51.8 Å². The molecule has 4 rings (SSSR count). The predicted octanol–water partition coefficient (Wildman–Crippen LogP) is 5.49. The maximum atomic E-state index is 12.6. The first kappa shape index (κ1) is 19.0. The molecule has 0 saturated carbocycles. The molecule has 29 heavy (non-hydrogen) atoms. The molecule has 0 unspecified atom stereocenters. The Morgan fingerprint density at radius 2 is 1.66 bits per heavy atom. The molecule has 0 saturated heterocycles. The normalized spacial score (nSPS) is 10.8. The van der Waals surface area contributed by atoms with Crippen LogP contribution in [0.3, 0.4) is 0 Å². The van der Waals surface area contributed by atoms with E-state index in [9.17, 15) is 9.59 Å². The van der Waals surface area contributed by atoms with Gasteiger partial charge in [-0.25, -0.2) is 9.78 Å². The molecule has 3 N–H and O–H groups in total. The van der Waals surface area contributed by atoms with Crippen molar-refractivity contribution < 1.29 is 14.7 Å². The monoisotopic (exact) mass is 425 g/mol. The van der Waals surface area contributed by atoms with Crippen LogP contribution in [0.4, 0.5) is 5.69 Å². The highest BCUT2D eigenvalue weighted by Crippen LogP contribution is 2.33. The van der Waals surface area contributed by atoms with Crippen LogP contribution >= 0.6 is 23.2 Å². The van der Waals surface area contributed by atoms with E-state index in [4.69, 9.17) is 28.3 Å². The van der Waals surface area contributed by atoms with Gasteiger partial charge in [0, 0.05) is 11.3 Å². The molecular formula is C21H13Cl2N3O3. The van der Waals surface area contributed by atoms with Crippen LogP contribution in [0.2, 0.25) is 10.0 Å². The highest BCUT2D eigenvalue weighted by Gasteiger charge is 2.15. The fraction of sp³-hybridized carbons (Fsp3) is 0. The molecule has 1 amide bonds. The number of carbonyl (C=O) groups excluding carboxylic acids is 1. The first-order valence-corrected chi connectivity index (χ1v) is 9.27.